The van der Waals surface area contributed by atoms with E-state index >= 15 is 0 Å². The summed E-state index contributed by atoms with van der Waals surface area (Å²) in [5, 5.41) is 109. The smallest absolute Gasteiger partial charge is 0.187 e. The molecular formula is C18H32O16. The summed E-state index contributed by atoms with van der Waals surface area (Å²) in [5.41, 5.74) is 0. The fourth-order valence-electron chi connectivity index (χ4n) is 4.06. The lowest BCUT2D eigenvalue weighted by Gasteiger charge is -2.47. The Morgan fingerprint density at radius 2 is 0.853 bits per heavy atom. The maximum atomic E-state index is 10.6. The summed E-state index contributed by atoms with van der Waals surface area (Å²) >= 11 is 0. The predicted octanol–water partition coefficient (Wildman–Crippen LogP) is -7.57. The van der Waals surface area contributed by atoms with Crippen molar-refractivity contribution in [2.75, 3.05) is 19.8 Å². The fraction of sp³-hybridized carbons (Fsp3) is 1.00. The van der Waals surface area contributed by atoms with E-state index in [1.54, 1.807) is 0 Å². The molecule has 0 amide bonds. The van der Waals surface area contributed by atoms with Crippen molar-refractivity contribution in [3.63, 3.8) is 0 Å². The van der Waals surface area contributed by atoms with Crippen molar-refractivity contribution in [3.05, 3.63) is 0 Å². The summed E-state index contributed by atoms with van der Waals surface area (Å²) < 4.78 is 26.4. The van der Waals surface area contributed by atoms with E-state index in [1.165, 1.54) is 0 Å². The molecule has 0 aromatic heterocycles. The second-order valence-corrected chi connectivity index (χ2v) is 8.33. The van der Waals surface area contributed by atoms with Gasteiger partial charge in [-0.3, -0.25) is 0 Å². The molecule has 0 radical (unpaired) electrons. The van der Waals surface area contributed by atoms with Crippen LogP contribution < -0.4 is 0 Å². The number of hydrogen-bond acceptors (Lipinski definition) is 16. The molecule has 3 saturated heterocycles. The first kappa shape index (κ1) is 27.9. The molecule has 200 valence electrons. The molecule has 0 aromatic rings. The molecule has 6 unspecified atom stereocenters. The number of rotatable bonds is 7. The molecule has 0 bridgehead atoms. The van der Waals surface area contributed by atoms with Gasteiger partial charge >= 0.3 is 0 Å². The van der Waals surface area contributed by atoms with Crippen molar-refractivity contribution in [1.29, 1.82) is 0 Å². The molecule has 3 aliphatic heterocycles. The summed E-state index contributed by atoms with van der Waals surface area (Å²) in [5.74, 6) is 0. The van der Waals surface area contributed by atoms with Crippen LogP contribution >= 0.6 is 0 Å². The fourth-order valence-corrected chi connectivity index (χ4v) is 4.06. The van der Waals surface area contributed by atoms with Gasteiger partial charge in [0.1, 0.15) is 73.2 Å². The van der Waals surface area contributed by atoms with Crippen LogP contribution in [0.2, 0.25) is 0 Å². The van der Waals surface area contributed by atoms with Crippen LogP contribution in [-0.4, -0.2) is 168 Å². The third kappa shape index (κ3) is 5.37. The molecule has 0 aliphatic carbocycles. The van der Waals surface area contributed by atoms with E-state index in [0.29, 0.717) is 0 Å². The first-order chi connectivity index (χ1) is 16.0. The Balaban J connectivity index is 1.72. The molecule has 3 fully saturated rings. The molecule has 16 nitrogen and oxygen atoms in total. The van der Waals surface area contributed by atoms with Crippen LogP contribution in [0.4, 0.5) is 0 Å². The van der Waals surface area contributed by atoms with Crippen LogP contribution in [0, 0.1) is 0 Å². The molecule has 0 aromatic carbocycles. The maximum Gasteiger partial charge on any atom is 0.187 e. The lowest BCUT2D eigenvalue weighted by molar-refractivity contribution is -0.377. The van der Waals surface area contributed by atoms with Crippen LogP contribution in [0.5, 0.6) is 0 Å². The Labute approximate surface area is 192 Å². The van der Waals surface area contributed by atoms with Crippen LogP contribution in [-0.2, 0) is 23.7 Å². The van der Waals surface area contributed by atoms with Crippen molar-refractivity contribution >= 4 is 0 Å². The van der Waals surface area contributed by atoms with E-state index in [2.05, 4.69) is 0 Å². The highest BCUT2D eigenvalue weighted by Crippen LogP contribution is 2.32. The Bertz CT molecular complexity index is 635. The van der Waals surface area contributed by atoms with Crippen LogP contribution in [0.3, 0.4) is 0 Å². The number of aliphatic hydroxyl groups excluding tert-OH is 11. The third-order valence-electron chi connectivity index (χ3n) is 6.09. The molecule has 0 spiro atoms. The van der Waals surface area contributed by atoms with Crippen molar-refractivity contribution in [2.24, 2.45) is 0 Å². The first-order valence-corrected chi connectivity index (χ1v) is 10.6. The summed E-state index contributed by atoms with van der Waals surface area (Å²) in [6, 6.07) is 0. The number of ether oxygens (including phenoxy) is 5. The van der Waals surface area contributed by atoms with Gasteiger partial charge in [-0.25, -0.2) is 0 Å². The first-order valence-electron chi connectivity index (χ1n) is 10.6. The molecular weight excluding hydrogens is 472 g/mol. The third-order valence-corrected chi connectivity index (χ3v) is 6.09. The zero-order valence-corrected chi connectivity index (χ0v) is 17.7. The lowest BCUT2D eigenvalue weighted by Crippen LogP contribution is -2.66. The minimum atomic E-state index is -1.91. The van der Waals surface area contributed by atoms with Gasteiger partial charge < -0.3 is 79.9 Å². The highest BCUT2D eigenvalue weighted by atomic mass is 16.8. The molecule has 15 atom stereocenters. The summed E-state index contributed by atoms with van der Waals surface area (Å²) in [6.45, 7) is -2.32. The van der Waals surface area contributed by atoms with Crippen LogP contribution in [0.15, 0.2) is 0 Å². The molecule has 34 heavy (non-hydrogen) atoms. The van der Waals surface area contributed by atoms with E-state index in [9.17, 15) is 56.2 Å². The van der Waals surface area contributed by atoms with E-state index < -0.39 is 112 Å². The van der Waals surface area contributed by atoms with E-state index in [4.69, 9.17) is 23.7 Å². The Morgan fingerprint density at radius 3 is 1.35 bits per heavy atom. The van der Waals surface area contributed by atoms with E-state index in [1.807, 2.05) is 0 Å². The minimum absolute atomic E-state index is 0.741. The Kier molecular flexibility index (Phi) is 9.54. The second-order valence-electron chi connectivity index (χ2n) is 8.33. The van der Waals surface area contributed by atoms with Crippen molar-refractivity contribution < 1.29 is 79.9 Å². The quantitative estimate of drug-likeness (QED) is 0.154. The molecule has 16 heteroatoms. The normalized spacial score (nSPS) is 52.5. The SMILES string of the molecule is OCC1O[C@H](O[C@H]2C(CO)O[C@@H](O[C@H]3C(CO)O[C@@H](O)[C@@H](O)C3O)[C@@H](O)C2O)[C@@H](O)C(O)[C@H]1O. The summed E-state index contributed by atoms with van der Waals surface area (Å²) in [7, 11) is 0. The van der Waals surface area contributed by atoms with Crippen molar-refractivity contribution in [3.8, 4) is 0 Å². The largest absolute Gasteiger partial charge is 0.394 e. The van der Waals surface area contributed by atoms with Gasteiger partial charge in [0.15, 0.2) is 18.9 Å². The zero-order chi connectivity index (χ0) is 25.3. The Morgan fingerprint density at radius 1 is 0.441 bits per heavy atom. The standard InChI is InChI=1S/C18H32O16/c19-1-4-7(22)8(23)12(27)17(31-4)34-15-6(3-21)32-18(13(28)10(15)25)33-14-5(2-20)30-16(29)11(26)9(14)24/h4-29H,1-3H2/t4?,5?,6?,7-,8?,9?,10?,11-,12-,13-,14-,15-,16+,17+,18-/m0/s1. The van der Waals surface area contributed by atoms with E-state index in [0.717, 1.165) is 0 Å². The molecule has 11 N–H and O–H groups in total. The zero-order valence-electron chi connectivity index (χ0n) is 17.7. The van der Waals surface area contributed by atoms with Crippen LogP contribution in [0.1, 0.15) is 0 Å². The maximum absolute atomic E-state index is 10.6. The van der Waals surface area contributed by atoms with Crippen LogP contribution in [0.25, 0.3) is 0 Å². The molecule has 3 aliphatic rings. The molecule has 3 rings (SSSR count). The van der Waals surface area contributed by atoms with Crippen molar-refractivity contribution in [1.82, 2.24) is 0 Å². The van der Waals surface area contributed by atoms with Gasteiger partial charge in [-0.1, -0.05) is 0 Å². The average Bonchev–Trinajstić information content (AvgIpc) is 2.83. The van der Waals surface area contributed by atoms with Gasteiger partial charge in [-0.15, -0.1) is 0 Å². The molecule has 3 heterocycles. The second kappa shape index (κ2) is 11.6. The highest BCUT2D eigenvalue weighted by Gasteiger charge is 2.53. The predicted molar refractivity (Wildman–Crippen MR) is 101 cm³/mol. The van der Waals surface area contributed by atoms with Gasteiger partial charge in [0.25, 0.3) is 0 Å². The lowest BCUT2D eigenvalue weighted by atomic mass is 9.96. The number of aliphatic hydroxyl groups is 11. The Hall–Kier alpha value is -0.640. The van der Waals surface area contributed by atoms with E-state index in [-0.39, 0.29) is 0 Å². The van der Waals surface area contributed by atoms with Gasteiger partial charge in [-0.05, 0) is 0 Å². The monoisotopic (exact) mass is 504 g/mol. The van der Waals surface area contributed by atoms with Gasteiger partial charge in [0.2, 0.25) is 0 Å². The summed E-state index contributed by atoms with van der Waals surface area (Å²) in [6.07, 6.45) is -25.1. The van der Waals surface area contributed by atoms with Crippen molar-refractivity contribution in [2.45, 2.75) is 92.1 Å². The van der Waals surface area contributed by atoms with Gasteiger partial charge in [0, 0.05) is 0 Å². The molecule has 0 saturated carbocycles. The van der Waals surface area contributed by atoms with Gasteiger partial charge in [-0.2, -0.15) is 0 Å². The number of hydrogen-bond donors (Lipinski definition) is 11. The topological polar surface area (TPSA) is 269 Å². The summed E-state index contributed by atoms with van der Waals surface area (Å²) in [4.78, 5) is 0. The minimum Gasteiger partial charge on any atom is -0.394 e. The van der Waals surface area contributed by atoms with Gasteiger partial charge in [0.05, 0.1) is 19.8 Å². The highest BCUT2D eigenvalue weighted by molar-refractivity contribution is 4.96. The average molecular weight is 504 g/mol.